The third-order valence-corrected chi connectivity index (χ3v) is 6.38. The molecule has 0 spiro atoms. The Hall–Kier alpha value is -4.00. The molecule has 2 aliphatic heterocycles. The van der Waals surface area contributed by atoms with Crippen LogP contribution in [0.1, 0.15) is 0 Å². The number of benzene rings is 2. The van der Waals surface area contributed by atoms with Gasteiger partial charge < -0.3 is 9.84 Å². The van der Waals surface area contributed by atoms with Crippen LogP contribution in [0.5, 0.6) is 5.75 Å². The molecule has 0 bridgehead atoms. The summed E-state index contributed by atoms with van der Waals surface area (Å²) in [6.07, 6.45) is 1.99. The number of amides is 4. The summed E-state index contributed by atoms with van der Waals surface area (Å²) in [6.45, 7) is -1.07. The van der Waals surface area contributed by atoms with E-state index >= 15 is 0 Å². The van der Waals surface area contributed by atoms with E-state index in [1.807, 2.05) is 0 Å². The van der Waals surface area contributed by atoms with E-state index in [9.17, 15) is 32.1 Å². The summed E-state index contributed by atoms with van der Waals surface area (Å²) in [5, 5.41) is 22.2. The number of hydrogen-bond donors (Lipinski definition) is 3. The van der Waals surface area contributed by atoms with Crippen molar-refractivity contribution in [2.45, 2.75) is 0 Å². The lowest BCUT2D eigenvalue weighted by atomic mass is 10.1. The van der Waals surface area contributed by atoms with Crippen molar-refractivity contribution < 1.29 is 56.6 Å². The zero-order valence-electron chi connectivity index (χ0n) is 18.9. The second-order valence-electron chi connectivity index (χ2n) is 7.65. The number of allylic oxidation sites excluding steroid dienone is 2. The van der Waals surface area contributed by atoms with Gasteiger partial charge in [-0.2, -0.15) is 8.42 Å². The first-order valence-electron chi connectivity index (χ1n) is 10.4. The maximum Gasteiger partial charge on any atom is 0.335 e. The van der Waals surface area contributed by atoms with Crippen LogP contribution in [0.3, 0.4) is 0 Å². The highest BCUT2D eigenvalue weighted by molar-refractivity contribution is 7.94. The largest absolute Gasteiger partial charge is 0.480 e. The van der Waals surface area contributed by atoms with Crippen molar-refractivity contribution in [2.75, 3.05) is 23.2 Å². The molecule has 0 saturated carbocycles. The number of ether oxygens (including phenoxy) is 1. The number of carbonyl (C=O) groups is 4. The van der Waals surface area contributed by atoms with E-state index in [1.165, 1.54) is 0 Å². The molecule has 1 fully saturated rings. The summed E-state index contributed by atoms with van der Waals surface area (Å²) in [6, 6.07) is 9.03. The van der Waals surface area contributed by atoms with Crippen molar-refractivity contribution >= 4 is 62.4 Å². The number of hydrogen-bond acceptors (Lipinski definition) is 12. The van der Waals surface area contributed by atoms with Gasteiger partial charge in [0.15, 0.2) is 11.6 Å². The molecular formula is C21H17N3O12S2. The third-order valence-electron chi connectivity index (χ3n) is 5.27. The number of carboxylic acid groups (broad SMARTS) is 1. The minimum absolute atomic E-state index is 0.193. The Morgan fingerprint density at radius 3 is 2.42 bits per heavy atom. The first-order chi connectivity index (χ1) is 18.0. The van der Waals surface area contributed by atoms with Crippen molar-refractivity contribution in [1.82, 2.24) is 9.80 Å². The quantitative estimate of drug-likeness (QED) is 0.0749. The number of fused-ring (bicyclic) bond motifs is 3. The van der Waals surface area contributed by atoms with E-state index in [1.54, 1.807) is 36.4 Å². The average Bonchev–Trinajstić information content (AvgIpc) is 3.20. The van der Waals surface area contributed by atoms with Gasteiger partial charge in [0, 0.05) is 5.39 Å². The normalized spacial score (nSPS) is 18.1. The molecule has 2 heterocycles. The zero-order chi connectivity index (χ0) is 27.6. The van der Waals surface area contributed by atoms with E-state index < -0.39 is 57.8 Å². The zero-order valence-corrected chi connectivity index (χ0v) is 20.5. The first kappa shape index (κ1) is 27.0. The molecule has 4 amide bonds. The number of carboxylic acids is 1. The Morgan fingerprint density at radius 2 is 1.74 bits per heavy atom. The lowest BCUT2D eigenvalue weighted by Gasteiger charge is -2.32. The third kappa shape index (κ3) is 5.47. The molecule has 2 aromatic rings. The summed E-state index contributed by atoms with van der Waals surface area (Å²) < 4.78 is 42.9. The fraction of sp³-hybridized carbons (Fsp3) is 0.143. The highest BCUT2D eigenvalue weighted by Gasteiger charge is 2.43. The van der Waals surface area contributed by atoms with Crippen molar-refractivity contribution in [3.05, 3.63) is 60.0 Å². The molecule has 0 unspecified atom stereocenters. The van der Waals surface area contributed by atoms with E-state index in [0.717, 1.165) is 22.4 Å². The summed E-state index contributed by atoms with van der Waals surface area (Å²) in [7, 11) is -4.58. The van der Waals surface area contributed by atoms with Gasteiger partial charge in [-0.3, -0.25) is 23.8 Å². The Morgan fingerprint density at radius 1 is 1.03 bits per heavy atom. The lowest BCUT2D eigenvalue weighted by Crippen LogP contribution is -2.57. The van der Waals surface area contributed by atoms with Crippen LogP contribution in [0.15, 0.2) is 60.0 Å². The SMILES string of the molecule is O=C(O)CN1C(=O)C(=CC=C2Oc3c(ccc4ccccc34)N2CS(=O)(=O)O)C(=O)N(CSOOO)C1=O. The molecule has 2 aromatic carbocycles. The van der Waals surface area contributed by atoms with Crippen LogP contribution < -0.4 is 9.64 Å². The molecule has 38 heavy (non-hydrogen) atoms. The summed E-state index contributed by atoms with van der Waals surface area (Å²) in [4.78, 5) is 51.4. The number of imide groups is 2. The minimum Gasteiger partial charge on any atom is -0.480 e. The van der Waals surface area contributed by atoms with E-state index in [0.29, 0.717) is 27.2 Å². The maximum atomic E-state index is 12.9. The summed E-state index contributed by atoms with van der Waals surface area (Å²) >= 11 is 0.291. The predicted octanol–water partition coefficient (Wildman–Crippen LogP) is 1.55. The standard InChI is InChI=1S/C21H17N3O12S2/c25-17(26)9-22-19(27)14(20(28)23(21(22)29)10-37-36-35-30)6-8-16-24(11-38(31,32)33)15-7-5-12-3-1-2-4-13(12)18(15)34-16/h1-8,30H,9-11H2,(H,25,26)(H,31,32,33). The molecule has 17 heteroatoms. The smallest absolute Gasteiger partial charge is 0.335 e. The van der Waals surface area contributed by atoms with Crippen LogP contribution in [0.25, 0.3) is 10.8 Å². The highest BCUT2D eigenvalue weighted by Crippen LogP contribution is 2.44. The Bertz CT molecular complexity index is 1500. The van der Waals surface area contributed by atoms with Crippen molar-refractivity contribution in [2.24, 2.45) is 0 Å². The Kier molecular flexibility index (Phi) is 7.67. The maximum absolute atomic E-state index is 12.9. The van der Waals surface area contributed by atoms with Gasteiger partial charge >= 0.3 is 12.0 Å². The fourth-order valence-electron chi connectivity index (χ4n) is 3.73. The van der Waals surface area contributed by atoms with E-state index in [-0.39, 0.29) is 17.3 Å². The molecule has 2 aliphatic rings. The molecule has 0 atom stereocenters. The second kappa shape index (κ2) is 10.8. The number of urea groups is 1. The number of aliphatic carboxylic acids is 1. The van der Waals surface area contributed by atoms with Gasteiger partial charge in [-0.25, -0.2) is 19.9 Å². The van der Waals surface area contributed by atoms with Gasteiger partial charge in [0.2, 0.25) is 5.88 Å². The second-order valence-corrected chi connectivity index (χ2v) is 9.70. The van der Waals surface area contributed by atoms with E-state index in [4.69, 9.17) is 15.1 Å². The highest BCUT2D eigenvalue weighted by atomic mass is 32.2. The van der Waals surface area contributed by atoms with Crippen molar-refractivity contribution in [3.63, 3.8) is 0 Å². The minimum atomic E-state index is -4.58. The molecule has 15 nitrogen and oxygen atoms in total. The number of anilines is 1. The predicted molar refractivity (Wildman–Crippen MR) is 128 cm³/mol. The molecule has 200 valence electrons. The monoisotopic (exact) mass is 567 g/mol. The van der Waals surface area contributed by atoms with Gasteiger partial charge in [0.1, 0.15) is 18.0 Å². The van der Waals surface area contributed by atoms with E-state index in [2.05, 4.69) is 9.37 Å². The number of barbiturate groups is 1. The van der Waals surface area contributed by atoms with Crippen LogP contribution in [-0.4, -0.2) is 75.2 Å². The van der Waals surface area contributed by atoms with Crippen LogP contribution in [0.2, 0.25) is 0 Å². The van der Waals surface area contributed by atoms with Crippen LogP contribution in [-0.2, 0) is 33.9 Å². The molecule has 0 radical (unpaired) electrons. The van der Waals surface area contributed by atoms with Gasteiger partial charge in [0.25, 0.3) is 21.9 Å². The fourth-order valence-corrected chi connectivity index (χ4v) is 4.74. The van der Waals surface area contributed by atoms with Crippen LogP contribution in [0, 0.1) is 0 Å². The van der Waals surface area contributed by atoms with Crippen LogP contribution >= 0.6 is 12.0 Å². The Balaban J connectivity index is 1.76. The molecular weight excluding hydrogens is 550 g/mol. The molecule has 4 rings (SSSR count). The topological polar surface area (TPSA) is 201 Å². The number of nitrogens with zero attached hydrogens (tertiary/aromatic N) is 3. The number of carbonyl (C=O) groups excluding carboxylic acids is 3. The first-order valence-corrected chi connectivity index (χ1v) is 12.9. The van der Waals surface area contributed by atoms with Crippen molar-refractivity contribution in [3.8, 4) is 5.75 Å². The Labute approximate surface area is 217 Å². The van der Waals surface area contributed by atoms with Crippen molar-refractivity contribution in [1.29, 1.82) is 0 Å². The average molecular weight is 568 g/mol. The van der Waals surface area contributed by atoms with Gasteiger partial charge in [-0.05, 0) is 23.6 Å². The summed E-state index contributed by atoms with van der Waals surface area (Å²) in [5.74, 6) is -5.39. The molecule has 0 aromatic heterocycles. The molecule has 0 aliphatic carbocycles. The van der Waals surface area contributed by atoms with Gasteiger partial charge in [-0.15, -0.1) is 4.33 Å². The lowest BCUT2D eigenvalue weighted by molar-refractivity contribution is -0.432. The molecule has 3 N–H and O–H groups in total. The van der Waals surface area contributed by atoms with Gasteiger partial charge in [0.05, 0.1) is 17.7 Å². The summed E-state index contributed by atoms with van der Waals surface area (Å²) in [5.41, 5.74) is -0.394. The number of rotatable bonds is 9. The van der Waals surface area contributed by atoms with Gasteiger partial charge in [-0.1, -0.05) is 35.4 Å². The van der Waals surface area contributed by atoms with Crippen LogP contribution in [0.4, 0.5) is 10.5 Å². The molecule has 1 saturated heterocycles.